The summed E-state index contributed by atoms with van der Waals surface area (Å²) in [5.74, 6) is 1.19. The lowest BCUT2D eigenvalue weighted by molar-refractivity contribution is 0.209. The molecule has 0 aliphatic carbocycles. The van der Waals surface area contributed by atoms with Crippen LogP contribution in [-0.4, -0.2) is 27.0 Å². The van der Waals surface area contributed by atoms with Gasteiger partial charge in [0.05, 0.1) is 6.54 Å². The SMILES string of the molecule is Cc1sc(CNC(C)C)cc1CN1CCn2ccnc2C1. The summed E-state index contributed by atoms with van der Waals surface area (Å²) < 4.78 is 2.26. The Bertz CT molecular complexity index is 599. The number of hydrogen-bond acceptors (Lipinski definition) is 4. The van der Waals surface area contributed by atoms with E-state index in [0.717, 1.165) is 32.7 Å². The quantitative estimate of drug-likeness (QED) is 0.922. The molecular weight excluding hydrogens is 280 g/mol. The van der Waals surface area contributed by atoms with E-state index in [1.807, 2.05) is 17.5 Å². The Hall–Kier alpha value is -1.17. The Balaban J connectivity index is 1.63. The minimum atomic E-state index is 0.539. The Kier molecular flexibility index (Phi) is 4.42. The molecule has 1 aliphatic heterocycles. The fraction of sp³-hybridized carbons (Fsp3) is 0.562. The summed E-state index contributed by atoms with van der Waals surface area (Å²) in [6.07, 6.45) is 3.99. The average molecular weight is 304 g/mol. The van der Waals surface area contributed by atoms with Gasteiger partial charge in [0.1, 0.15) is 5.82 Å². The van der Waals surface area contributed by atoms with Gasteiger partial charge in [-0.2, -0.15) is 0 Å². The molecule has 2 aromatic rings. The van der Waals surface area contributed by atoms with Crippen LogP contribution in [-0.2, 0) is 26.2 Å². The first-order valence-electron chi connectivity index (χ1n) is 7.66. The molecule has 0 unspecified atom stereocenters. The average Bonchev–Trinajstić information content (AvgIpc) is 3.03. The molecule has 0 amide bonds. The summed E-state index contributed by atoms with van der Waals surface area (Å²) in [6.45, 7) is 11.8. The minimum absolute atomic E-state index is 0.539. The largest absolute Gasteiger partial charge is 0.333 e. The number of nitrogens with zero attached hydrogens (tertiary/aromatic N) is 3. The predicted octanol–water partition coefficient (Wildman–Crippen LogP) is 2.77. The first-order chi connectivity index (χ1) is 10.1. The normalized spacial score (nSPS) is 15.6. The van der Waals surface area contributed by atoms with Gasteiger partial charge in [-0.05, 0) is 18.6 Å². The molecule has 2 aromatic heterocycles. The molecule has 0 radical (unpaired) electrons. The third-order valence-corrected chi connectivity index (χ3v) is 5.07. The van der Waals surface area contributed by atoms with Crippen molar-refractivity contribution in [3.8, 4) is 0 Å². The van der Waals surface area contributed by atoms with E-state index in [-0.39, 0.29) is 0 Å². The molecule has 0 atom stereocenters. The van der Waals surface area contributed by atoms with Crippen LogP contribution in [0, 0.1) is 6.92 Å². The van der Waals surface area contributed by atoms with Gasteiger partial charge in [-0.25, -0.2) is 4.98 Å². The summed E-state index contributed by atoms with van der Waals surface area (Å²) in [4.78, 5) is 9.82. The maximum absolute atomic E-state index is 4.44. The Labute approximate surface area is 130 Å². The second kappa shape index (κ2) is 6.30. The number of aryl methyl sites for hydroxylation is 1. The summed E-state index contributed by atoms with van der Waals surface area (Å²) >= 11 is 1.92. The standard InChI is InChI=1S/C16H24N4S/c1-12(2)18-9-15-8-14(13(3)21-15)10-19-6-7-20-5-4-17-16(20)11-19/h4-5,8,12,18H,6-7,9-11H2,1-3H3. The van der Waals surface area contributed by atoms with Crippen LogP contribution in [0.2, 0.25) is 0 Å². The third kappa shape index (κ3) is 3.54. The highest BCUT2D eigenvalue weighted by Gasteiger charge is 2.18. The van der Waals surface area contributed by atoms with Crippen molar-refractivity contribution in [1.29, 1.82) is 0 Å². The highest BCUT2D eigenvalue weighted by atomic mass is 32.1. The minimum Gasteiger partial charge on any atom is -0.333 e. The van der Waals surface area contributed by atoms with E-state index in [2.05, 4.69) is 52.8 Å². The van der Waals surface area contributed by atoms with E-state index >= 15 is 0 Å². The number of thiophene rings is 1. The number of imidazole rings is 1. The van der Waals surface area contributed by atoms with E-state index in [0.29, 0.717) is 6.04 Å². The lowest BCUT2D eigenvalue weighted by Gasteiger charge is -2.27. The highest BCUT2D eigenvalue weighted by Crippen LogP contribution is 2.24. The summed E-state index contributed by atoms with van der Waals surface area (Å²) in [7, 11) is 0. The van der Waals surface area contributed by atoms with Crippen molar-refractivity contribution in [2.24, 2.45) is 0 Å². The van der Waals surface area contributed by atoms with Gasteiger partial charge in [0.15, 0.2) is 0 Å². The van der Waals surface area contributed by atoms with Crippen molar-refractivity contribution in [1.82, 2.24) is 19.8 Å². The zero-order valence-corrected chi connectivity index (χ0v) is 13.9. The predicted molar refractivity (Wildman–Crippen MR) is 87.4 cm³/mol. The number of fused-ring (bicyclic) bond motifs is 1. The molecular formula is C16H24N4S. The first kappa shape index (κ1) is 14.8. The second-order valence-electron chi connectivity index (χ2n) is 6.08. The zero-order chi connectivity index (χ0) is 14.8. The molecule has 0 fully saturated rings. The van der Waals surface area contributed by atoms with Crippen LogP contribution in [0.5, 0.6) is 0 Å². The summed E-state index contributed by atoms with van der Waals surface area (Å²) in [5.41, 5.74) is 1.47. The maximum Gasteiger partial charge on any atom is 0.122 e. The molecule has 21 heavy (non-hydrogen) atoms. The number of rotatable bonds is 5. The van der Waals surface area contributed by atoms with E-state index in [9.17, 15) is 0 Å². The third-order valence-electron chi connectivity index (χ3n) is 3.97. The monoisotopic (exact) mass is 304 g/mol. The van der Waals surface area contributed by atoms with Crippen LogP contribution in [0.15, 0.2) is 18.5 Å². The van der Waals surface area contributed by atoms with Gasteiger partial charge >= 0.3 is 0 Å². The first-order valence-corrected chi connectivity index (χ1v) is 8.47. The summed E-state index contributed by atoms with van der Waals surface area (Å²) in [6, 6.07) is 2.91. The fourth-order valence-electron chi connectivity index (χ4n) is 2.74. The van der Waals surface area contributed by atoms with Crippen molar-refractivity contribution >= 4 is 11.3 Å². The van der Waals surface area contributed by atoms with Gasteiger partial charge in [0.25, 0.3) is 0 Å². The van der Waals surface area contributed by atoms with Crippen LogP contribution in [0.1, 0.15) is 35.0 Å². The van der Waals surface area contributed by atoms with Crippen LogP contribution in [0.25, 0.3) is 0 Å². The molecule has 4 nitrogen and oxygen atoms in total. The molecule has 0 spiro atoms. The second-order valence-corrected chi connectivity index (χ2v) is 7.42. The molecule has 3 rings (SSSR count). The van der Waals surface area contributed by atoms with Gasteiger partial charge in [-0.1, -0.05) is 13.8 Å². The molecule has 1 N–H and O–H groups in total. The molecule has 5 heteroatoms. The van der Waals surface area contributed by atoms with Crippen LogP contribution in [0.4, 0.5) is 0 Å². The highest BCUT2D eigenvalue weighted by molar-refractivity contribution is 7.12. The molecule has 0 saturated carbocycles. The molecule has 3 heterocycles. The van der Waals surface area contributed by atoms with Crippen molar-refractivity contribution in [2.45, 2.75) is 53.0 Å². The molecule has 0 bridgehead atoms. The van der Waals surface area contributed by atoms with Gasteiger partial charge in [0, 0.05) is 54.4 Å². The summed E-state index contributed by atoms with van der Waals surface area (Å²) in [5, 5.41) is 3.50. The van der Waals surface area contributed by atoms with Crippen LogP contribution in [0.3, 0.4) is 0 Å². The molecule has 0 saturated heterocycles. The fourth-order valence-corrected chi connectivity index (χ4v) is 3.74. The Morgan fingerprint density at radius 1 is 1.38 bits per heavy atom. The van der Waals surface area contributed by atoms with Crippen molar-refractivity contribution in [3.63, 3.8) is 0 Å². The van der Waals surface area contributed by atoms with Crippen LogP contribution >= 0.6 is 11.3 Å². The number of nitrogens with one attached hydrogen (secondary N) is 1. The molecule has 1 aliphatic rings. The van der Waals surface area contributed by atoms with E-state index in [1.54, 1.807) is 0 Å². The van der Waals surface area contributed by atoms with Crippen molar-refractivity contribution in [2.75, 3.05) is 6.54 Å². The van der Waals surface area contributed by atoms with Gasteiger partial charge in [-0.3, -0.25) is 4.90 Å². The lowest BCUT2D eigenvalue weighted by atomic mass is 10.2. The van der Waals surface area contributed by atoms with E-state index in [4.69, 9.17) is 0 Å². The van der Waals surface area contributed by atoms with Crippen molar-refractivity contribution in [3.05, 3.63) is 39.6 Å². The van der Waals surface area contributed by atoms with Gasteiger partial charge in [0.2, 0.25) is 0 Å². The van der Waals surface area contributed by atoms with Crippen LogP contribution < -0.4 is 5.32 Å². The maximum atomic E-state index is 4.44. The Morgan fingerprint density at radius 3 is 3.05 bits per heavy atom. The number of aromatic nitrogens is 2. The topological polar surface area (TPSA) is 33.1 Å². The number of hydrogen-bond donors (Lipinski definition) is 1. The van der Waals surface area contributed by atoms with Gasteiger partial charge < -0.3 is 9.88 Å². The molecule has 114 valence electrons. The van der Waals surface area contributed by atoms with E-state index in [1.165, 1.54) is 21.1 Å². The smallest absolute Gasteiger partial charge is 0.122 e. The molecule has 0 aromatic carbocycles. The van der Waals surface area contributed by atoms with Gasteiger partial charge in [-0.15, -0.1) is 11.3 Å². The van der Waals surface area contributed by atoms with E-state index < -0.39 is 0 Å². The van der Waals surface area contributed by atoms with Crippen molar-refractivity contribution < 1.29 is 0 Å². The Morgan fingerprint density at radius 2 is 2.24 bits per heavy atom. The lowest BCUT2D eigenvalue weighted by Crippen LogP contribution is -2.33. The zero-order valence-electron chi connectivity index (χ0n) is 13.1.